The number of fused-ring (bicyclic) bond motifs is 1. The number of hydrogen-bond donors (Lipinski definition) is 1. The smallest absolute Gasteiger partial charge is 0.193 e. The molecule has 3 rings (SSSR count). The molecule has 0 aromatic carbocycles. The second-order valence-electron chi connectivity index (χ2n) is 7.16. The van der Waals surface area contributed by atoms with Gasteiger partial charge in [0.25, 0.3) is 0 Å². The lowest BCUT2D eigenvalue weighted by Crippen LogP contribution is -2.18. The van der Waals surface area contributed by atoms with Crippen molar-refractivity contribution in [1.29, 1.82) is 0 Å². The molecule has 29 heavy (non-hydrogen) atoms. The van der Waals surface area contributed by atoms with Crippen LogP contribution in [0.4, 0.5) is 10.2 Å². The van der Waals surface area contributed by atoms with Crippen molar-refractivity contribution < 1.29 is 5.82 Å². The molecule has 2 aromatic heterocycles. The molecule has 1 atom stereocenters. The molecule has 4 nitrogen and oxygen atoms in total. The van der Waals surface area contributed by atoms with Crippen molar-refractivity contribution in [3.8, 4) is 0 Å². The minimum absolute atomic E-state index is 0. The van der Waals surface area contributed by atoms with Crippen LogP contribution in [0.5, 0.6) is 0 Å². The van der Waals surface area contributed by atoms with E-state index in [1.165, 1.54) is 12.3 Å². The number of nitrogens with one attached hydrogen (secondary N) is 1. The van der Waals surface area contributed by atoms with Crippen molar-refractivity contribution in [2.75, 3.05) is 5.32 Å². The van der Waals surface area contributed by atoms with Gasteiger partial charge in [0.1, 0.15) is 17.3 Å². The van der Waals surface area contributed by atoms with Gasteiger partial charge in [0, 0.05) is 24.5 Å². The normalized spacial score (nSPS) is 16.6. The highest BCUT2D eigenvalue weighted by Crippen LogP contribution is 2.29. The van der Waals surface area contributed by atoms with E-state index in [1.807, 2.05) is 17.6 Å². The van der Waals surface area contributed by atoms with Crippen LogP contribution in [0.2, 0.25) is 0 Å². The molecule has 152 valence electrons. The summed E-state index contributed by atoms with van der Waals surface area (Å²) in [6, 6.07) is 1.50. The Morgan fingerprint density at radius 3 is 2.93 bits per heavy atom. The highest BCUT2D eigenvalue weighted by atomic mass is 19.1. The molecule has 0 amide bonds. The van der Waals surface area contributed by atoms with Gasteiger partial charge in [-0.2, -0.15) is 0 Å². The Labute approximate surface area is 172 Å². The lowest BCUT2D eigenvalue weighted by Gasteiger charge is -2.22. The van der Waals surface area contributed by atoms with E-state index in [-0.39, 0.29) is 6.86 Å². The Hall–Kier alpha value is -3.21. The van der Waals surface area contributed by atoms with Crippen molar-refractivity contribution in [3.05, 3.63) is 89.2 Å². The Kier molecular flexibility index (Phi) is 6.27. The Morgan fingerprint density at radius 1 is 1.48 bits per heavy atom. The summed E-state index contributed by atoms with van der Waals surface area (Å²) in [7, 11) is 0. The van der Waals surface area contributed by atoms with E-state index in [9.17, 15) is 9.18 Å². The minimum Gasteiger partial charge on any atom is -0.341 e. The van der Waals surface area contributed by atoms with Gasteiger partial charge < -0.3 is 5.32 Å². The lowest BCUT2D eigenvalue weighted by atomic mass is 10.0. The maximum Gasteiger partial charge on any atom is 0.193 e. The molecule has 0 fully saturated rings. The molecule has 0 spiro atoms. The van der Waals surface area contributed by atoms with Gasteiger partial charge in [-0.15, -0.1) is 0 Å². The van der Waals surface area contributed by atoms with Gasteiger partial charge in [0.15, 0.2) is 5.43 Å². The zero-order chi connectivity index (χ0) is 21.0. The molecule has 0 aliphatic heterocycles. The van der Waals surface area contributed by atoms with Crippen molar-refractivity contribution >= 4 is 22.5 Å². The van der Waals surface area contributed by atoms with Gasteiger partial charge in [-0.3, -0.25) is 9.36 Å². The van der Waals surface area contributed by atoms with Crippen LogP contribution in [-0.2, 0) is 6.42 Å². The fourth-order valence-electron chi connectivity index (χ4n) is 3.57. The van der Waals surface area contributed by atoms with Crippen LogP contribution in [0.15, 0.2) is 72.4 Å². The highest BCUT2D eigenvalue weighted by Gasteiger charge is 2.19. The summed E-state index contributed by atoms with van der Waals surface area (Å²) in [5, 5.41) is 3.57. The predicted molar refractivity (Wildman–Crippen MR) is 121 cm³/mol. The van der Waals surface area contributed by atoms with Gasteiger partial charge in [-0.1, -0.05) is 51.7 Å². The molecule has 2 aromatic rings. The maximum absolute atomic E-state index is 14.5. The van der Waals surface area contributed by atoms with Gasteiger partial charge in [-0.05, 0) is 37.0 Å². The summed E-state index contributed by atoms with van der Waals surface area (Å²) in [6.45, 7) is 11.6. The Balaban J connectivity index is 0.00000320. The topological polar surface area (TPSA) is 46.9 Å². The van der Waals surface area contributed by atoms with Crippen LogP contribution >= 0.6 is 0 Å². The summed E-state index contributed by atoms with van der Waals surface area (Å²) >= 11 is 0. The zero-order valence-corrected chi connectivity index (χ0v) is 16.9. The largest absolute Gasteiger partial charge is 0.341 e. The van der Waals surface area contributed by atoms with E-state index < -0.39 is 5.82 Å². The van der Waals surface area contributed by atoms with Crippen LogP contribution < -0.4 is 10.7 Å². The number of rotatable bonds is 7. The number of halogens is 1. The first-order valence-corrected chi connectivity index (χ1v) is 9.84. The number of aryl methyl sites for hydroxylation is 1. The molecular formula is C24H28FN3O. The first kappa shape index (κ1) is 20.5. The number of pyridine rings is 2. The Morgan fingerprint density at radius 2 is 2.28 bits per heavy atom. The van der Waals surface area contributed by atoms with Gasteiger partial charge in [0.05, 0.1) is 11.6 Å². The summed E-state index contributed by atoms with van der Waals surface area (Å²) in [5.41, 5.74) is 2.18. The number of anilines is 1. The molecular weight excluding hydrogens is 365 g/mol. The first-order chi connectivity index (χ1) is 14.0. The van der Waals surface area contributed by atoms with Gasteiger partial charge in [-0.25, -0.2) is 9.37 Å². The van der Waals surface area contributed by atoms with Crippen molar-refractivity contribution in [1.82, 2.24) is 9.55 Å². The third-order valence-corrected chi connectivity index (χ3v) is 4.88. The molecule has 1 aliphatic rings. The van der Waals surface area contributed by atoms with Crippen LogP contribution in [-0.4, -0.2) is 9.55 Å². The van der Waals surface area contributed by atoms with Gasteiger partial charge >= 0.3 is 0 Å². The average Bonchev–Trinajstić information content (AvgIpc) is 2.69. The quantitative estimate of drug-likeness (QED) is 0.601. The molecule has 2 heterocycles. The first-order valence-electron chi connectivity index (χ1n) is 9.84. The third kappa shape index (κ3) is 4.14. The second kappa shape index (κ2) is 8.86. The summed E-state index contributed by atoms with van der Waals surface area (Å²) in [5.74, 6) is 0.445. The molecule has 5 heteroatoms. The molecule has 0 bridgehead atoms. The van der Waals surface area contributed by atoms with Crippen molar-refractivity contribution in [2.24, 2.45) is 5.92 Å². The summed E-state index contributed by atoms with van der Waals surface area (Å²) in [4.78, 5) is 17.3. The van der Waals surface area contributed by atoms with Crippen LogP contribution in [0.3, 0.4) is 0 Å². The second-order valence-corrected chi connectivity index (χ2v) is 7.16. The van der Waals surface area contributed by atoms with E-state index in [0.29, 0.717) is 40.5 Å². The van der Waals surface area contributed by atoms with E-state index in [1.54, 1.807) is 18.2 Å². The fraction of sp³-hybridized carbons (Fsp3) is 0.250. The number of allylic oxidation sites excluding steroid dienone is 7. The predicted octanol–water partition coefficient (Wildman–Crippen LogP) is 5.84. The van der Waals surface area contributed by atoms with Gasteiger partial charge in [0.2, 0.25) is 0 Å². The SMILES string of the molecule is C=C/C=C(\C=C)Nc1cc(=O)c2c(CCC)c(F)cnc2n1C1=CC(C)CC=C1.[HH]. The van der Waals surface area contributed by atoms with E-state index in [2.05, 4.69) is 42.5 Å². The molecule has 0 radical (unpaired) electrons. The zero-order valence-electron chi connectivity index (χ0n) is 16.9. The minimum atomic E-state index is -0.441. The maximum atomic E-state index is 14.5. The third-order valence-electron chi connectivity index (χ3n) is 4.88. The summed E-state index contributed by atoms with van der Waals surface area (Å²) in [6.07, 6.45) is 14.6. The van der Waals surface area contributed by atoms with E-state index in [0.717, 1.165) is 18.5 Å². The molecule has 1 aliphatic carbocycles. The molecule has 1 N–H and O–H groups in total. The average molecular weight is 394 g/mol. The standard InChI is InChI=1S/C24H26FN3O.H2/c1-5-9-17(7-3)27-22-14-21(29)23-19(10-6-2)20(25)15-26-24(23)28(22)18-12-8-11-16(4)13-18;/h5,7-9,12-16,27H,1,3,6,10-11H2,2,4H3;1H/b17-9+;. The monoisotopic (exact) mass is 393 g/mol. The number of aromatic nitrogens is 2. The van der Waals surface area contributed by atoms with Crippen LogP contribution in [0.25, 0.3) is 16.7 Å². The Bertz CT molecular complexity index is 1110. The van der Waals surface area contributed by atoms with Crippen molar-refractivity contribution in [3.63, 3.8) is 0 Å². The molecule has 1 unspecified atom stereocenters. The molecule has 0 saturated carbocycles. The van der Waals surface area contributed by atoms with Crippen LogP contribution in [0.1, 0.15) is 33.7 Å². The number of hydrogen-bond acceptors (Lipinski definition) is 3. The van der Waals surface area contributed by atoms with Crippen LogP contribution in [0, 0.1) is 11.7 Å². The van der Waals surface area contributed by atoms with E-state index in [4.69, 9.17) is 0 Å². The lowest BCUT2D eigenvalue weighted by molar-refractivity contribution is 0.604. The van der Waals surface area contributed by atoms with E-state index >= 15 is 0 Å². The molecule has 0 saturated heterocycles. The van der Waals surface area contributed by atoms with Crippen molar-refractivity contribution in [2.45, 2.75) is 33.1 Å². The fourth-order valence-corrected chi connectivity index (χ4v) is 3.57. The summed E-state index contributed by atoms with van der Waals surface area (Å²) < 4.78 is 16.4. The number of nitrogens with zero attached hydrogens (tertiary/aromatic N) is 2. The highest BCUT2D eigenvalue weighted by molar-refractivity contribution is 5.86.